The maximum Gasteiger partial charge on any atom is 0.0738 e. The van der Waals surface area contributed by atoms with E-state index in [1.165, 1.54) is 12.8 Å². The monoisotopic (exact) mass is 362 g/mol. The molecule has 0 saturated heterocycles. The molecule has 4 rings (SSSR count). The fourth-order valence-electron chi connectivity index (χ4n) is 7.70. The van der Waals surface area contributed by atoms with Crippen LogP contribution < -0.4 is 0 Å². The van der Waals surface area contributed by atoms with Gasteiger partial charge in [0.25, 0.3) is 0 Å². The lowest BCUT2D eigenvalue weighted by Crippen LogP contribution is -2.62. The summed E-state index contributed by atoms with van der Waals surface area (Å²) >= 11 is 0. The van der Waals surface area contributed by atoms with E-state index in [1.54, 1.807) is 0 Å². The highest BCUT2D eigenvalue weighted by Gasteiger charge is 2.66. The summed E-state index contributed by atoms with van der Waals surface area (Å²) in [5.74, 6) is 2.08. The average molecular weight is 363 g/mol. The Morgan fingerprint density at radius 2 is 1.73 bits per heavy atom. The van der Waals surface area contributed by atoms with Gasteiger partial charge in [-0.05, 0) is 81.0 Å². The van der Waals surface area contributed by atoms with Crippen LogP contribution >= 0.6 is 0 Å². The Labute approximate surface area is 159 Å². The number of hydrazone groups is 1. The Balaban J connectivity index is 1.62. The molecule has 0 spiro atoms. The average Bonchev–Trinajstić information content (AvgIpc) is 2.85. The fourth-order valence-corrected chi connectivity index (χ4v) is 7.70. The normalized spacial score (nSPS) is 53.8. The second-order valence-corrected chi connectivity index (χ2v) is 10.6. The minimum absolute atomic E-state index is 0.0367. The Morgan fingerprint density at radius 3 is 2.46 bits per heavy atom. The molecule has 148 valence electrons. The highest BCUT2D eigenvalue weighted by Crippen LogP contribution is 2.68. The molecule has 4 saturated carbocycles. The summed E-state index contributed by atoms with van der Waals surface area (Å²) in [4.78, 5) is 0. The predicted octanol–water partition coefficient (Wildman–Crippen LogP) is 3.67. The maximum absolute atomic E-state index is 12.0. The molecule has 4 nitrogen and oxygen atoms in total. The third kappa shape index (κ3) is 2.51. The van der Waals surface area contributed by atoms with Crippen LogP contribution in [0.25, 0.3) is 0 Å². The van der Waals surface area contributed by atoms with E-state index in [0.29, 0.717) is 29.1 Å². The molecule has 0 amide bonds. The Bertz CT molecular complexity index is 578. The molecule has 2 N–H and O–H groups in total. The van der Waals surface area contributed by atoms with Gasteiger partial charge in [0.2, 0.25) is 0 Å². The van der Waals surface area contributed by atoms with Crippen molar-refractivity contribution in [2.24, 2.45) is 39.6 Å². The first kappa shape index (κ1) is 18.7. The van der Waals surface area contributed by atoms with Gasteiger partial charge < -0.3 is 15.2 Å². The third-order valence-corrected chi connectivity index (χ3v) is 9.37. The van der Waals surface area contributed by atoms with Gasteiger partial charge in [0.05, 0.1) is 11.7 Å². The van der Waals surface area contributed by atoms with Gasteiger partial charge in [0, 0.05) is 31.6 Å². The van der Waals surface area contributed by atoms with Gasteiger partial charge in [0.15, 0.2) is 0 Å². The van der Waals surface area contributed by atoms with Gasteiger partial charge in [-0.2, -0.15) is 5.10 Å². The number of nitrogens with zero attached hydrogens (tertiary/aromatic N) is 2. The van der Waals surface area contributed by atoms with Crippen LogP contribution in [0.2, 0.25) is 0 Å². The first-order chi connectivity index (χ1) is 12.2. The van der Waals surface area contributed by atoms with Crippen molar-refractivity contribution in [3.05, 3.63) is 0 Å². The van der Waals surface area contributed by atoms with Crippen molar-refractivity contribution in [1.82, 2.24) is 5.01 Å². The summed E-state index contributed by atoms with van der Waals surface area (Å²) in [5, 5.41) is 28.6. The van der Waals surface area contributed by atoms with Crippen LogP contribution in [0.3, 0.4) is 0 Å². The minimum atomic E-state index is -0.539. The molecule has 0 aromatic rings. The fraction of sp³-hybridized carbons (Fsp3) is 0.955. The molecule has 0 bridgehead atoms. The van der Waals surface area contributed by atoms with Gasteiger partial charge in [-0.1, -0.05) is 13.8 Å². The second kappa shape index (κ2) is 6.20. The van der Waals surface area contributed by atoms with Crippen molar-refractivity contribution in [3.63, 3.8) is 0 Å². The number of rotatable bonds is 2. The molecule has 4 aliphatic rings. The Hall–Kier alpha value is -0.610. The molecule has 8 atom stereocenters. The van der Waals surface area contributed by atoms with E-state index in [0.717, 1.165) is 44.9 Å². The lowest BCUT2D eigenvalue weighted by molar-refractivity contribution is -0.206. The number of fused-ring (bicyclic) bond motifs is 5. The summed E-state index contributed by atoms with van der Waals surface area (Å²) in [6, 6.07) is 0. The van der Waals surface area contributed by atoms with Crippen molar-refractivity contribution in [2.45, 2.75) is 83.3 Å². The molecule has 0 radical (unpaired) electrons. The molecular weight excluding hydrogens is 324 g/mol. The smallest absolute Gasteiger partial charge is 0.0738 e. The molecule has 4 fully saturated rings. The first-order valence-electron chi connectivity index (χ1n) is 10.8. The van der Waals surface area contributed by atoms with Crippen molar-refractivity contribution in [2.75, 3.05) is 14.1 Å². The molecule has 0 aliphatic heterocycles. The van der Waals surface area contributed by atoms with Gasteiger partial charge in [-0.25, -0.2) is 0 Å². The summed E-state index contributed by atoms with van der Waals surface area (Å²) < 4.78 is 0. The van der Waals surface area contributed by atoms with Gasteiger partial charge in [-0.15, -0.1) is 0 Å². The lowest BCUT2D eigenvalue weighted by Gasteiger charge is -2.63. The third-order valence-electron chi connectivity index (χ3n) is 9.37. The molecule has 26 heavy (non-hydrogen) atoms. The molecular formula is C22H38N2O2. The summed E-state index contributed by atoms with van der Waals surface area (Å²) in [5.41, 5.74) is -0.261. The molecule has 4 heteroatoms. The van der Waals surface area contributed by atoms with E-state index in [-0.39, 0.29) is 11.5 Å². The molecule has 0 aromatic heterocycles. The van der Waals surface area contributed by atoms with E-state index in [9.17, 15) is 10.2 Å². The van der Waals surface area contributed by atoms with Crippen molar-refractivity contribution >= 4 is 6.21 Å². The largest absolute Gasteiger partial charge is 0.393 e. The molecule has 0 aromatic carbocycles. The highest BCUT2D eigenvalue weighted by molar-refractivity contribution is 5.63. The molecule has 4 aliphatic carbocycles. The van der Waals surface area contributed by atoms with Gasteiger partial charge >= 0.3 is 0 Å². The van der Waals surface area contributed by atoms with Crippen LogP contribution in [0.15, 0.2) is 5.10 Å². The zero-order valence-corrected chi connectivity index (χ0v) is 17.1. The van der Waals surface area contributed by atoms with Gasteiger partial charge in [-0.3, -0.25) is 0 Å². The minimum Gasteiger partial charge on any atom is -0.393 e. The highest BCUT2D eigenvalue weighted by atomic mass is 16.3. The van der Waals surface area contributed by atoms with E-state index in [1.807, 2.05) is 19.1 Å². The summed E-state index contributed by atoms with van der Waals surface area (Å²) in [6.45, 7) is 4.81. The Morgan fingerprint density at radius 1 is 0.962 bits per heavy atom. The van der Waals surface area contributed by atoms with Crippen LogP contribution in [0.1, 0.15) is 71.6 Å². The van der Waals surface area contributed by atoms with Crippen LogP contribution in [0.5, 0.6) is 0 Å². The summed E-state index contributed by atoms with van der Waals surface area (Å²) in [6.07, 6.45) is 11.7. The Kier molecular flexibility index (Phi) is 4.47. The van der Waals surface area contributed by atoms with Crippen LogP contribution in [0, 0.1) is 34.5 Å². The van der Waals surface area contributed by atoms with E-state index in [2.05, 4.69) is 25.2 Å². The number of aliphatic hydroxyl groups excluding tert-OH is 1. The quantitative estimate of drug-likeness (QED) is 0.582. The van der Waals surface area contributed by atoms with Crippen LogP contribution in [-0.2, 0) is 0 Å². The number of hydrogen-bond donors (Lipinski definition) is 2. The van der Waals surface area contributed by atoms with Crippen molar-refractivity contribution < 1.29 is 10.2 Å². The SMILES string of the molecule is CN(C)/N=C/C1CC[C@@]2(O)[C@@H]3CCC4CC(O)CC[C@]4(C)[C@@H]3CC[C@]12C. The topological polar surface area (TPSA) is 56.1 Å². The first-order valence-corrected chi connectivity index (χ1v) is 10.8. The van der Waals surface area contributed by atoms with Crippen LogP contribution in [0.4, 0.5) is 0 Å². The number of hydrogen-bond acceptors (Lipinski definition) is 4. The van der Waals surface area contributed by atoms with E-state index >= 15 is 0 Å². The van der Waals surface area contributed by atoms with Crippen molar-refractivity contribution in [1.29, 1.82) is 0 Å². The van der Waals surface area contributed by atoms with Gasteiger partial charge in [0.1, 0.15) is 0 Å². The molecule has 0 heterocycles. The molecule has 3 unspecified atom stereocenters. The zero-order chi connectivity index (χ0) is 18.7. The lowest BCUT2D eigenvalue weighted by atomic mass is 9.43. The summed E-state index contributed by atoms with van der Waals surface area (Å²) in [7, 11) is 3.94. The zero-order valence-electron chi connectivity index (χ0n) is 17.1. The maximum atomic E-state index is 12.0. The number of aliphatic hydroxyl groups is 2. The predicted molar refractivity (Wildman–Crippen MR) is 105 cm³/mol. The second-order valence-electron chi connectivity index (χ2n) is 10.6. The van der Waals surface area contributed by atoms with E-state index < -0.39 is 5.60 Å². The van der Waals surface area contributed by atoms with Crippen molar-refractivity contribution in [3.8, 4) is 0 Å². The standard InChI is InChI=1S/C22H38N2O2/c1-20-10-8-17(25)13-15(20)5-6-19-18(20)9-11-21(2)16(14-23-24(3)4)7-12-22(19,21)26/h14-19,25-26H,5-13H2,1-4H3/b23-14+/t15?,16?,17?,18-,19-,20+,21-,22-/m1/s1. The van der Waals surface area contributed by atoms with E-state index in [4.69, 9.17) is 0 Å². The van der Waals surface area contributed by atoms with Crippen LogP contribution in [-0.4, -0.2) is 47.2 Å².